The van der Waals surface area contributed by atoms with Crippen LogP contribution in [0, 0.1) is 6.92 Å². The molecule has 0 unspecified atom stereocenters. The van der Waals surface area contributed by atoms with Crippen molar-refractivity contribution < 1.29 is 9.90 Å². The highest BCUT2D eigenvalue weighted by Gasteiger charge is 2.12. The van der Waals surface area contributed by atoms with Gasteiger partial charge in [-0.25, -0.2) is 4.98 Å². The number of carboxylic acid groups (broad SMARTS) is 1. The van der Waals surface area contributed by atoms with E-state index in [1.807, 2.05) is 31.2 Å². The Morgan fingerprint density at radius 3 is 2.95 bits per heavy atom. The van der Waals surface area contributed by atoms with Crippen LogP contribution in [0.15, 0.2) is 24.3 Å². The second-order valence-electron chi connectivity index (χ2n) is 4.59. The summed E-state index contributed by atoms with van der Waals surface area (Å²) in [4.78, 5) is 15.0. The van der Waals surface area contributed by atoms with E-state index in [9.17, 15) is 4.79 Å². The van der Waals surface area contributed by atoms with Gasteiger partial charge in [0.1, 0.15) is 11.2 Å². The molecule has 2 rings (SSSR count). The lowest BCUT2D eigenvalue weighted by atomic mass is 10.1. The van der Waals surface area contributed by atoms with Gasteiger partial charge in [-0.05, 0) is 24.6 Å². The van der Waals surface area contributed by atoms with Gasteiger partial charge in [0, 0.05) is 22.5 Å². The summed E-state index contributed by atoms with van der Waals surface area (Å²) in [5.41, 5.74) is 8.35. The van der Waals surface area contributed by atoms with Crippen LogP contribution in [-0.4, -0.2) is 27.9 Å². The van der Waals surface area contributed by atoms with Gasteiger partial charge in [0.2, 0.25) is 0 Å². The van der Waals surface area contributed by atoms with Crippen molar-refractivity contribution in [2.24, 2.45) is 5.73 Å². The summed E-state index contributed by atoms with van der Waals surface area (Å²) in [6.07, 6.45) is 0. The first-order valence-electron chi connectivity index (χ1n) is 6.09. The Balaban J connectivity index is 2.12. The van der Waals surface area contributed by atoms with Gasteiger partial charge in [-0.1, -0.05) is 23.7 Å². The number of carboxylic acids is 1. The molecule has 0 aliphatic heterocycles. The molecule has 3 N–H and O–H groups in total. The topological polar surface area (TPSA) is 76.2 Å². The first-order valence-corrected chi connectivity index (χ1v) is 7.62. The quantitative estimate of drug-likeness (QED) is 0.830. The van der Waals surface area contributed by atoms with Gasteiger partial charge in [0.25, 0.3) is 0 Å². The number of halogens is 1. The average Bonchev–Trinajstić information content (AvgIpc) is 2.39. The molecule has 20 heavy (non-hydrogen) atoms. The van der Waals surface area contributed by atoms with Crippen LogP contribution in [-0.2, 0) is 10.5 Å². The maximum Gasteiger partial charge on any atom is 0.321 e. The fraction of sp³-hybridized carbons (Fsp3) is 0.286. The number of thioether (sulfide) groups is 1. The zero-order chi connectivity index (χ0) is 14.7. The number of aliphatic carboxylic acids is 1. The fourth-order valence-electron chi connectivity index (χ4n) is 1.77. The normalized spacial score (nSPS) is 12.6. The molecule has 0 bridgehead atoms. The second-order valence-corrected chi connectivity index (χ2v) is 5.98. The summed E-state index contributed by atoms with van der Waals surface area (Å²) in [6.45, 7) is 2.01. The molecular weight excluding hydrogens is 296 g/mol. The van der Waals surface area contributed by atoms with Crippen LogP contribution >= 0.6 is 23.4 Å². The molecule has 2 aromatic rings. The van der Waals surface area contributed by atoms with Gasteiger partial charge >= 0.3 is 5.97 Å². The van der Waals surface area contributed by atoms with Gasteiger partial charge in [0.15, 0.2) is 0 Å². The summed E-state index contributed by atoms with van der Waals surface area (Å²) < 4.78 is 0. The first kappa shape index (κ1) is 15.1. The van der Waals surface area contributed by atoms with Crippen LogP contribution in [0.25, 0.3) is 10.9 Å². The molecular formula is C14H15ClN2O2S. The van der Waals surface area contributed by atoms with Gasteiger partial charge < -0.3 is 10.8 Å². The van der Waals surface area contributed by atoms with E-state index in [1.165, 1.54) is 11.8 Å². The van der Waals surface area contributed by atoms with Crippen molar-refractivity contribution in [3.05, 3.63) is 40.5 Å². The zero-order valence-corrected chi connectivity index (χ0v) is 12.5. The summed E-state index contributed by atoms with van der Waals surface area (Å²) >= 11 is 7.60. The molecule has 4 nitrogen and oxygen atoms in total. The molecule has 1 aromatic carbocycles. The zero-order valence-electron chi connectivity index (χ0n) is 11.0. The molecule has 1 aromatic heterocycles. The summed E-state index contributed by atoms with van der Waals surface area (Å²) in [7, 11) is 0. The highest BCUT2D eigenvalue weighted by atomic mass is 35.5. The Morgan fingerprint density at radius 2 is 2.25 bits per heavy atom. The highest BCUT2D eigenvalue weighted by Crippen LogP contribution is 2.25. The predicted octanol–water partition coefficient (Wildman–Crippen LogP) is 2.84. The monoisotopic (exact) mass is 310 g/mol. The van der Waals surface area contributed by atoms with E-state index in [2.05, 4.69) is 4.98 Å². The maximum atomic E-state index is 10.6. The minimum absolute atomic E-state index is 0.345. The first-order chi connectivity index (χ1) is 9.47. The van der Waals surface area contributed by atoms with E-state index < -0.39 is 12.0 Å². The number of fused-ring (bicyclic) bond motifs is 1. The minimum atomic E-state index is -0.990. The number of nitrogens with two attached hydrogens (primary N) is 1. The Bertz CT molecular complexity index is 648. The van der Waals surface area contributed by atoms with E-state index in [0.29, 0.717) is 16.7 Å². The average molecular weight is 311 g/mol. The van der Waals surface area contributed by atoms with Crippen molar-refractivity contribution in [2.75, 3.05) is 5.75 Å². The van der Waals surface area contributed by atoms with Crippen molar-refractivity contribution in [1.82, 2.24) is 4.98 Å². The summed E-state index contributed by atoms with van der Waals surface area (Å²) in [5.74, 6) is -0.0514. The lowest BCUT2D eigenvalue weighted by Crippen LogP contribution is -2.32. The van der Waals surface area contributed by atoms with E-state index in [0.717, 1.165) is 22.0 Å². The predicted molar refractivity (Wildman–Crippen MR) is 83.3 cm³/mol. The molecule has 0 aliphatic carbocycles. The van der Waals surface area contributed by atoms with E-state index in [1.54, 1.807) is 0 Å². The van der Waals surface area contributed by atoms with Gasteiger partial charge in [0.05, 0.1) is 5.52 Å². The maximum absolute atomic E-state index is 10.6. The van der Waals surface area contributed by atoms with Crippen molar-refractivity contribution in [1.29, 1.82) is 0 Å². The van der Waals surface area contributed by atoms with Crippen LogP contribution in [0.2, 0.25) is 5.15 Å². The number of hydrogen-bond acceptors (Lipinski definition) is 4. The van der Waals surface area contributed by atoms with Gasteiger partial charge in [-0.3, -0.25) is 4.79 Å². The molecule has 106 valence electrons. The SMILES string of the molecule is Cc1ccc2cc(CSC[C@H](N)C(=O)O)c(Cl)nc2c1. The number of aromatic nitrogens is 1. The molecule has 0 fully saturated rings. The standard InChI is InChI=1S/C14H15ClN2O2S/c1-8-2-3-9-5-10(13(15)17-12(9)4-8)6-20-7-11(16)14(18)19/h2-5,11H,6-7,16H2,1H3,(H,18,19)/t11-/m0/s1. The molecule has 6 heteroatoms. The third kappa shape index (κ3) is 3.62. The molecule has 1 heterocycles. The number of hydrogen-bond donors (Lipinski definition) is 2. The third-order valence-electron chi connectivity index (χ3n) is 2.87. The van der Waals surface area contributed by atoms with E-state index in [-0.39, 0.29) is 0 Å². The van der Waals surface area contributed by atoms with Crippen molar-refractivity contribution in [3.63, 3.8) is 0 Å². The molecule has 0 aliphatic rings. The van der Waals surface area contributed by atoms with Crippen LogP contribution in [0.1, 0.15) is 11.1 Å². The number of benzene rings is 1. The van der Waals surface area contributed by atoms with Crippen molar-refractivity contribution in [2.45, 2.75) is 18.7 Å². The lowest BCUT2D eigenvalue weighted by molar-refractivity contribution is -0.137. The number of pyridine rings is 1. The molecule has 0 saturated heterocycles. The van der Waals surface area contributed by atoms with Crippen LogP contribution in [0.5, 0.6) is 0 Å². The molecule has 0 amide bonds. The molecule has 0 spiro atoms. The molecule has 0 radical (unpaired) electrons. The Hall–Kier alpha value is -1.30. The Labute approximate surface area is 126 Å². The van der Waals surface area contributed by atoms with Crippen molar-refractivity contribution >= 4 is 40.2 Å². The molecule has 1 atom stereocenters. The van der Waals surface area contributed by atoms with Crippen LogP contribution in [0.4, 0.5) is 0 Å². The van der Waals surface area contributed by atoms with Crippen LogP contribution in [0.3, 0.4) is 0 Å². The second kappa shape index (κ2) is 6.43. The number of nitrogens with zero attached hydrogens (tertiary/aromatic N) is 1. The smallest absolute Gasteiger partial charge is 0.321 e. The van der Waals surface area contributed by atoms with Crippen molar-refractivity contribution in [3.8, 4) is 0 Å². The number of aryl methyl sites for hydroxylation is 1. The van der Waals surface area contributed by atoms with Gasteiger partial charge in [-0.2, -0.15) is 11.8 Å². The summed E-state index contributed by atoms with van der Waals surface area (Å²) in [6, 6.07) is 7.15. The fourth-order valence-corrected chi connectivity index (χ4v) is 3.01. The number of carbonyl (C=O) groups is 1. The van der Waals surface area contributed by atoms with Crippen LogP contribution < -0.4 is 5.73 Å². The number of rotatable bonds is 5. The highest BCUT2D eigenvalue weighted by molar-refractivity contribution is 7.98. The third-order valence-corrected chi connectivity index (χ3v) is 4.31. The molecule has 0 saturated carbocycles. The Kier molecular flexibility index (Phi) is 4.86. The Morgan fingerprint density at radius 1 is 1.50 bits per heavy atom. The largest absolute Gasteiger partial charge is 0.480 e. The van der Waals surface area contributed by atoms with E-state index in [4.69, 9.17) is 22.4 Å². The lowest BCUT2D eigenvalue weighted by Gasteiger charge is -2.08. The van der Waals surface area contributed by atoms with E-state index >= 15 is 0 Å². The van der Waals surface area contributed by atoms with Gasteiger partial charge in [-0.15, -0.1) is 0 Å². The minimum Gasteiger partial charge on any atom is -0.480 e. The summed E-state index contributed by atoms with van der Waals surface area (Å²) in [5, 5.41) is 10.2.